The van der Waals surface area contributed by atoms with E-state index in [1.165, 1.54) is 5.56 Å². The number of hydrogen-bond donors (Lipinski definition) is 1. The Balaban J connectivity index is 2.23. The Hall–Kier alpha value is -0.800. The van der Waals surface area contributed by atoms with E-state index in [9.17, 15) is 5.11 Å². The molecule has 18 heavy (non-hydrogen) atoms. The third-order valence-electron chi connectivity index (χ3n) is 2.92. The highest BCUT2D eigenvalue weighted by Gasteiger charge is 2.13. The van der Waals surface area contributed by atoms with Gasteiger partial charge in [-0.25, -0.2) is 0 Å². The molecule has 0 heterocycles. The second-order valence-corrected chi connectivity index (χ2v) is 5.75. The van der Waals surface area contributed by atoms with Crippen LogP contribution in [0.15, 0.2) is 53.0 Å². The van der Waals surface area contributed by atoms with Gasteiger partial charge < -0.3 is 5.11 Å². The molecule has 2 rings (SSSR count). The molecule has 1 atom stereocenters. The monoisotopic (exact) mass is 368 g/mol. The van der Waals surface area contributed by atoms with Crippen molar-refractivity contribution in [2.24, 2.45) is 0 Å². The van der Waals surface area contributed by atoms with Gasteiger partial charge in [0.15, 0.2) is 0 Å². The molecule has 0 amide bonds. The van der Waals surface area contributed by atoms with Gasteiger partial charge in [-0.2, -0.15) is 0 Å². The molecule has 0 bridgehead atoms. The standard InChI is InChI=1S/C15H14Br2O/c16-10-12(14-6-1-2-7-15(14)17)8-11-4-3-5-13(18)9-11/h1-7,9,12,18H,8,10H2. The van der Waals surface area contributed by atoms with Crippen molar-refractivity contribution in [1.29, 1.82) is 0 Å². The lowest BCUT2D eigenvalue weighted by Gasteiger charge is -2.16. The van der Waals surface area contributed by atoms with Gasteiger partial charge in [0.1, 0.15) is 5.75 Å². The summed E-state index contributed by atoms with van der Waals surface area (Å²) in [6.07, 6.45) is 0.905. The number of phenols is 1. The first-order valence-electron chi connectivity index (χ1n) is 5.79. The maximum atomic E-state index is 9.50. The number of hydrogen-bond acceptors (Lipinski definition) is 1. The highest BCUT2D eigenvalue weighted by molar-refractivity contribution is 9.10. The molecule has 0 aliphatic rings. The van der Waals surface area contributed by atoms with Crippen molar-refractivity contribution < 1.29 is 5.11 Å². The van der Waals surface area contributed by atoms with Crippen molar-refractivity contribution in [2.75, 3.05) is 5.33 Å². The van der Waals surface area contributed by atoms with Crippen LogP contribution < -0.4 is 0 Å². The highest BCUT2D eigenvalue weighted by atomic mass is 79.9. The molecular weight excluding hydrogens is 356 g/mol. The maximum Gasteiger partial charge on any atom is 0.115 e. The van der Waals surface area contributed by atoms with Crippen molar-refractivity contribution in [3.8, 4) is 5.75 Å². The number of alkyl halides is 1. The van der Waals surface area contributed by atoms with Crippen LogP contribution in [0.3, 0.4) is 0 Å². The Morgan fingerprint density at radius 2 is 1.83 bits per heavy atom. The summed E-state index contributed by atoms with van der Waals surface area (Å²) in [4.78, 5) is 0. The molecule has 1 nitrogen and oxygen atoms in total. The minimum Gasteiger partial charge on any atom is -0.508 e. The fourth-order valence-electron chi connectivity index (χ4n) is 2.02. The Morgan fingerprint density at radius 3 is 2.50 bits per heavy atom. The fraction of sp³-hybridized carbons (Fsp3) is 0.200. The molecule has 1 unspecified atom stereocenters. The van der Waals surface area contributed by atoms with Gasteiger partial charge in [0.25, 0.3) is 0 Å². The largest absolute Gasteiger partial charge is 0.508 e. The number of aromatic hydroxyl groups is 1. The quantitative estimate of drug-likeness (QED) is 0.761. The molecule has 1 N–H and O–H groups in total. The molecular formula is C15H14Br2O. The lowest BCUT2D eigenvalue weighted by atomic mass is 9.94. The Kier molecular flexibility index (Phi) is 4.84. The van der Waals surface area contributed by atoms with Crippen LogP contribution in [-0.2, 0) is 6.42 Å². The minimum atomic E-state index is 0.327. The van der Waals surface area contributed by atoms with Gasteiger partial charge in [0.2, 0.25) is 0 Å². The van der Waals surface area contributed by atoms with E-state index < -0.39 is 0 Å². The summed E-state index contributed by atoms with van der Waals surface area (Å²) in [6.45, 7) is 0. The Bertz CT molecular complexity index is 525. The van der Waals surface area contributed by atoms with E-state index in [1.807, 2.05) is 24.3 Å². The van der Waals surface area contributed by atoms with Crippen molar-refractivity contribution in [2.45, 2.75) is 12.3 Å². The summed E-state index contributed by atoms with van der Waals surface area (Å²) < 4.78 is 1.13. The van der Waals surface area contributed by atoms with E-state index in [0.29, 0.717) is 11.7 Å². The zero-order valence-corrected chi connectivity index (χ0v) is 13.0. The van der Waals surface area contributed by atoms with Crippen LogP contribution in [0, 0.1) is 0 Å². The minimum absolute atomic E-state index is 0.327. The van der Waals surface area contributed by atoms with E-state index in [-0.39, 0.29) is 0 Å². The predicted molar refractivity (Wildman–Crippen MR) is 82.5 cm³/mol. The summed E-state index contributed by atoms with van der Waals surface area (Å²) in [5.74, 6) is 0.718. The van der Waals surface area contributed by atoms with Gasteiger partial charge in [-0.05, 0) is 41.7 Å². The zero-order valence-electron chi connectivity index (χ0n) is 9.81. The molecule has 0 saturated carbocycles. The third kappa shape index (κ3) is 3.36. The van der Waals surface area contributed by atoms with Crippen LogP contribution in [0.5, 0.6) is 5.75 Å². The number of phenolic OH excluding ortho intramolecular Hbond substituents is 1. The SMILES string of the molecule is Oc1cccc(CC(CBr)c2ccccc2Br)c1. The normalized spacial score (nSPS) is 12.3. The summed E-state index contributed by atoms with van der Waals surface area (Å²) in [7, 11) is 0. The van der Waals surface area contributed by atoms with Crippen LogP contribution in [0.25, 0.3) is 0 Å². The molecule has 3 heteroatoms. The topological polar surface area (TPSA) is 20.2 Å². The van der Waals surface area contributed by atoms with Crippen LogP contribution in [0.1, 0.15) is 17.0 Å². The average Bonchev–Trinajstić information content (AvgIpc) is 2.37. The molecule has 2 aromatic carbocycles. The van der Waals surface area contributed by atoms with Crippen LogP contribution in [0.4, 0.5) is 0 Å². The summed E-state index contributed by atoms with van der Waals surface area (Å²) >= 11 is 7.17. The third-order valence-corrected chi connectivity index (χ3v) is 4.43. The van der Waals surface area contributed by atoms with Gasteiger partial charge in [-0.1, -0.05) is 62.2 Å². The van der Waals surface area contributed by atoms with Gasteiger partial charge in [-0.3, -0.25) is 0 Å². The zero-order chi connectivity index (χ0) is 13.0. The summed E-state index contributed by atoms with van der Waals surface area (Å²) in [5, 5.41) is 10.4. The molecule has 0 spiro atoms. The first-order valence-corrected chi connectivity index (χ1v) is 7.70. The molecule has 0 aliphatic carbocycles. The van der Waals surface area contributed by atoms with Gasteiger partial charge in [-0.15, -0.1) is 0 Å². The average molecular weight is 370 g/mol. The molecule has 0 fully saturated rings. The van der Waals surface area contributed by atoms with E-state index in [2.05, 4.69) is 50.1 Å². The molecule has 0 saturated heterocycles. The number of benzene rings is 2. The van der Waals surface area contributed by atoms with E-state index in [0.717, 1.165) is 21.8 Å². The van der Waals surface area contributed by atoms with Crippen molar-refractivity contribution >= 4 is 31.9 Å². The first-order chi connectivity index (χ1) is 8.70. The van der Waals surface area contributed by atoms with Crippen LogP contribution in [-0.4, -0.2) is 10.4 Å². The Labute approximate surface area is 124 Å². The van der Waals surface area contributed by atoms with Crippen LogP contribution >= 0.6 is 31.9 Å². The van der Waals surface area contributed by atoms with E-state index in [4.69, 9.17) is 0 Å². The Morgan fingerprint density at radius 1 is 1.06 bits per heavy atom. The van der Waals surface area contributed by atoms with Crippen molar-refractivity contribution in [1.82, 2.24) is 0 Å². The van der Waals surface area contributed by atoms with E-state index >= 15 is 0 Å². The predicted octanol–water partition coefficient (Wildman–Crippen LogP) is 4.88. The van der Waals surface area contributed by atoms with E-state index in [1.54, 1.807) is 6.07 Å². The van der Waals surface area contributed by atoms with Crippen molar-refractivity contribution in [3.63, 3.8) is 0 Å². The molecule has 0 aliphatic heterocycles. The smallest absolute Gasteiger partial charge is 0.115 e. The van der Waals surface area contributed by atoms with Crippen molar-refractivity contribution in [3.05, 3.63) is 64.1 Å². The maximum absolute atomic E-state index is 9.50. The lowest BCUT2D eigenvalue weighted by Crippen LogP contribution is -2.05. The second-order valence-electron chi connectivity index (χ2n) is 4.25. The lowest BCUT2D eigenvalue weighted by molar-refractivity contribution is 0.474. The second kappa shape index (κ2) is 6.39. The highest BCUT2D eigenvalue weighted by Crippen LogP contribution is 2.29. The first kappa shape index (κ1) is 13.6. The molecule has 2 aromatic rings. The van der Waals surface area contributed by atoms with Gasteiger partial charge >= 0.3 is 0 Å². The molecule has 94 valence electrons. The number of rotatable bonds is 4. The summed E-state index contributed by atoms with van der Waals surface area (Å²) in [6, 6.07) is 15.7. The fourth-order valence-corrected chi connectivity index (χ4v) is 3.21. The number of halogens is 2. The molecule has 0 radical (unpaired) electrons. The van der Waals surface area contributed by atoms with Gasteiger partial charge in [0, 0.05) is 9.80 Å². The summed E-state index contributed by atoms with van der Waals surface area (Å²) in [5.41, 5.74) is 2.44. The van der Waals surface area contributed by atoms with Crippen LogP contribution in [0.2, 0.25) is 0 Å². The van der Waals surface area contributed by atoms with Gasteiger partial charge in [0.05, 0.1) is 0 Å². The molecule has 0 aromatic heterocycles.